The smallest absolute Gasteiger partial charge is 0.460 e. The van der Waals surface area contributed by atoms with Crippen LogP contribution in [0, 0.1) is 0 Å². The second-order valence-electron chi connectivity index (χ2n) is 16.4. The number of alkyl halides is 30. The molecule has 3 aromatic carbocycles. The first-order valence-electron chi connectivity index (χ1n) is 20.5. The summed E-state index contributed by atoms with van der Waals surface area (Å²) in [5, 5.41) is 5.23. The summed E-state index contributed by atoms with van der Waals surface area (Å²) in [6, 6.07) is 8.24. The largest absolute Gasteiger partial charge is 0.497 e. The Morgan fingerprint density at radius 1 is 0.366 bits per heavy atom. The maximum Gasteiger partial charge on any atom is 0.460 e. The van der Waals surface area contributed by atoms with Crippen molar-refractivity contribution in [3.63, 3.8) is 0 Å². The van der Waals surface area contributed by atoms with E-state index < -0.39 is 152 Å². The van der Waals surface area contributed by atoms with Crippen molar-refractivity contribution in [3.8, 4) is 40.0 Å². The van der Waals surface area contributed by atoms with E-state index in [-0.39, 0.29) is 15.1 Å². The molecule has 2 heterocycles. The van der Waals surface area contributed by atoms with E-state index in [0.717, 1.165) is 49.6 Å². The maximum absolute atomic E-state index is 14.9. The first-order chi connectivity index (χ1) is 36.6. The van der Waals surface area contributed by atoms with Crippen LogP contribution in [0.15, 0.2) is 66.7 Å². The van der Waals surface area contributed by atoms with Gasteiger partial charge >= 0.3 is 95.4 Å². The van der Waals surface area contributed by atoms with Crippen molar-refractivity contribution in [3.05, 3.63) is 89.5 Å². The average Bonchev–Trinajstić information content (AvgIpc) is 3.77. The third kappa shape index (κ3) is 9.82. The molecule has 5 aromatic rings. The van der Waals surface area contributed by atoms with E-state index in [1.54, 1.807) is 0 Å². The lowest BCUT2D eigenvalue weighted by Crippen LogP contribution is -2.72. The van der Waals surface area contributed by atoms with Crippen LogP contribution in [0.25, 0.3) is 22.8 Å². The first-order valence-corrected chi connectivity index (χ1v) is 20.5. The first kappa shape index (κ1) is 65.4. The topological polar surface area (TPSA) is 123 Å². The third-order valence-electron chi connectivity index (χ3n) is 11.0. The van der Waals surface area contributed by atoms with Crippen molar-refractivity contribution in [1.29, 1.82) is 0 Å². The summed E-state index contributed by atoms with van der Waals surface area (Å²) in [6.45, 7) is 0. The fourth-order valence-electron chi connectivity index (χ4n) is 6.38. The van der Waals surface area contributed by atoms with E-state index in [4.69, 9.17) is 14.2 Å². The van der Waals surface area contributed by atoms with Gasteiger partial charge in [0.2, 0.25) is 11.6 Å². The predicted molar refractivity (Wildman–Crippen MR) is 205 cm³/mol. The standard InChI is InChI=1S/C41H20F30N6O5/c1-76-22(72-26(74-76)28(42,43)30(46,47)32(50,51)34(54,55)36(58,59)38(62,63)40(66,67)68)15-4-8-19(9-5-15)81-24(78)17-12-18(14-21(13-17)80-3)25(79)82-20-10-6-16(7-11-20)23-73-27(75-77(23)2)29(44,45)31(48,49)33(52,53)35(56,57)37(60,61)39(64,65)41(69,70)71/h4-14H,1-3H3. The highest BCUT2D eigenvalue weighted by Gasteiger charge is 2.95. The maximum atomic E-state index is 14.9. The molecule has 2 aromatic heterocycles. The molecule has 82 heavy (non-hydrogen) atoms. The number of hydrogen-bond donors (Lipinski definition) is 0. The molecule has 0 bridgehead atoms. The zero-order valence-corrected chi connectivity index (χ0v) is 38.9. The van der Waals surface area contributed by atoms with Crippen LogP contribution in [0.3, 0.4) is 0 Å². The van der Waals surface area contributed by atoms with Crippen molar-refractivity contribution in [1.82, 2.24) is 29.5 Å². The van der Waals surface area contributed by atoms with Gasteiger partial charge in [-0.1, -0.05) is 0 Å². The molecule has 0 aliphatic rings. The van der Waals surface area contributed by atoms with Gasteiger partial charge in [-0.05, 0) is 66.7 Å². The van der Waals surface area contributed by atoms with Gasteiger partial charge in [0.1, 0.15) is 17.2 Å². The molecule has 5 rings (SSSR count). The molecule has 0 radical (unpaired) electrons. The summed E-state index contributed by atoms with van der Waals surface area (Å²) in [5.74, 6) is -110. The molecule has 0 amide bonds. The Labute approximate surface area is 431 Å². The van der Waals surface area contributed by atoms with E-state index in [1.807, 2.05) is 0 Å². The molecule has 0 N–H and O–H groups in total. The minimum absolute atomic E-state index is 0.0244. The van der Waals surface area contributed by atoms with Gasteiger partial charge < -0.3 is 14.2 Å². The van der Waals surface area contributed by atoms with Gasteiger partial charge in [0.15, 0.2) is 11.6 Å². The van der Waals surface area contributed by atoms with Crippen molar-refractivity contribution >= 4 is 11.9 Å². The van der Waals surface area contributed by atoms with Gasteiger partial charge in [0.25, 0.3) is 0 Å². The molecular formula is C41H20F30N6O5. The zero-order chi connectivity index (χ0) is 63.4. The highest BCUT2D eigenvalue weighted by molar-refractivity contribution is 5.97. The summed E-state index contributed by atoms with van der Waals surface area (Å²) in [6.07, 6.45) is -15.7. The van der Waals surface area contributed by atoms with Gasteiger partial charge in [-0.15, -0.1) is 10.2 Å². The van der Waals surface area contributed by atoms with Crippen LogP contribution >= 0.6 is 0 Å². The number of nitrogens with zero attached hydrogens (tertiary/aromatic N) is 6. The lowest BCUT2D eigenvalue weighted by atomic mass is 9.91. The minimum atomic E-state index is -8.59. The van der Waals surface area contributed by atoms with Gasteiger partial charge in [-0.25, -0.2) is 28.9 Å². The Morgan fingerprint density at radius 3 is 0.878 bits per heavy atom. The molecule has 454 valence electrons. The van der Waals surface area contributed by atoms with Crippen LogP contribution in [0.2, 0.25) is 0 Å². The quantitative estimate of drug-likeness (QED) is 0.0452. The van der Waals surface area contributed by atoms with Crippen LogP contribution in [-0.2, 0) is 25.9 Å². The van der Waals surface area contributed by atoms with E-state index >= 15 is 0 Å². The normalized spacial score (nSPS) is 14.5. The highest BCUT2D eigenvalue weighted by atomic mass is 19.4. The molecule has 0 saturated carbocycles. The average molecular weight is 1250 g/mol. The fraction of sp³-hybridized carbons (Fsp3) is 0.415. The third-order valence-corrected chi connectivity index (χ3v) is 11.0. The highest BCUT2D eigenvalue weighted by Crippen LogP contribution is 2.65. The van der Waals surface area contributed by atoms with Crippen LogP contribution in [0.4, 0.5) is 132 Å². The lowest BCUT2D eigenvalue weighted by Gasteiger charge is -2.40. The van der Waals surface area contributed by atoms with Crippen molar-refractivity contribution in [2.24, 2.45) is 14.1 Å². The number of rotatable bonds is 19. The van der Waals surface area contributed by atoms with Crippen molar-refractivity contribution in [2.45, 2.75) is 83.4 Å². The van der Waals surface area contributed by atoms with Gasteiger partial charge in [0.05, 0.1) is 18.2 Å². The molecule has 0 unspecified atom stereocenters. The minimum Gasteiger partial charge on any atom is -0.497 e. The number of esters is 2. The number of halogens is 30. The van der Waals surface area contributed by atoms with Gasteiger partial charge in [0, 0.05) is 25.2 Å². The Kier molecular flexibility index (Phi) is 15.9. The summed E-state index contributed by atoms with van der Waals surface area (Å²) in [4.78, 5) is 31.8. The molecular weight excluding hydrogens is 1230 g/mol. The molecule has 0 spiro atoms. The second kappa shape index (κ2) is 19.9. The van der Waals surface area contributed by atoms with Crippen LogP contribution in [0.1, 0.15) is 32.4 Å². The number of methoxy groups -OCH3 is 1. The van der Waals surface area contributed by atoms with Gasteiger partial charge in [-0.2, -0.15) is 132 Å². The van der Waals surface area contributed by atoms with E-state index in [1.165, 1.54) is 0 Å². The summed E-state index contributed by atoms with van der Waals surface area (Å²) >= 11 is 0. The van der Waals surface area contributed by atoms with Gasteiger partial charge in [-0.3, -0.25) is 0 Å². The van der Waals surface area contributed by atoms with Crippen LogP contribution in [0.5, 0.6) is 17.2 Å². The van der Waals surface area contributed by atoms with Crippen LogP contribution < -0.4 is 14.2 Å². The zero-order valence-electron chi connectivity index (χ0n) is 38.9. The Bertz CT molecular complexity index is 3000. The fourth-order valence-corrected chi connectivity index (χ4v) is 6.38. The van der Waals surface area contributed by atoms with Crippen molar-refractivity contribution < 1.29 is 156 Å². The number of hydrogen-bond acceptors (Lipinski definition) is 9. The van der Waals surface area contributed by atoms with Crippen LogP contribution in [-0.4, -0.2) is 120 Å². The number of aromatic nitrogens is 6. The Balaban J connectivity index is 1.33. The molecule has 0 saturated heterocycles. The Morgan fingerprint density at radius 2 is 0.622 bits per heavy atom. The number of aryl methyl sites for hydroxylation is 2. The summed E-state index contributed by atoms with van der Waals surface area (Å²) in [5.41, 5.74) is -2.42. The molecule has 41 heteroatoms. The molecule has 0 fully saturated rings. The van der Waals surface area contributed by atoms with E-state index in [2.05, 4.69) is 20.2 Å². The molecule has 0 aliphatic heterocycles. The number of ether oxygens (including phenoxy) is 3. The number of carbonyl (C=O) groups is 2. The molecule has 11 nitrogen and oxygen atoms in total. The van der Waals surface area contributed by atoms with E-state index in [9.17, 15) is 141 Å². The molecule has 0 atom stereocenters. The predicted octanol–water partition coefficient (Wildman–Crippen LogP) is 13.4. The number of benzene rings is 3. The van der Waals surface area contributed by atoms with Crippen molar-refractivity contribution in [2.75, 3.05) is 7.11 Å². The Hall–Kier alpha value is -7.42. The number of carbonyl (C=O) groups excluding carboxylic acids is 2. The monoisotopic (exact) mass is 1250 g/mol. The lowest BCUT2D eigenvalue weighted by molar-refractivity contribution is -0.454. The SMILES string of the molecule is COc1cc(C(=O)Oc2ccc(-c3nc(C(F)(F)C(F)(F)C(F)(F)C(F)(F)C(F)(F)C(F)(F)C(F)(F)F)nn3C)cc2)cc(C(=O)Oc2ccc(-c3nc(C(F)(F)C(F)(F)C(F)(F)C(F)(F)C(F)(F)C(F)(F)C(F)(F)F)nn3C)cc2)c1. The molecule has 0 aliphatic carbocycles. The second-order valence-corrected chi connectivity index (χ2v) is 16.4. The van der Waals surface area contributed by atoms with E-state index in [0.29, 0.717) is 38.4 Å². The summed E-state index contributed by atoms with van der Waals surface area (Å²) in [7, 11) is 2.03. The summed E-state index contributed by atoms with van der Waals surface area (Å²) < 4.78 is 428.